The molecule has 0 spiro atoms. The van der Waals surface area contributed by atoms with Crippen molar-refractivity contribution in [2.24, 2.45) is 0 Å². The van der Waals surface area contributed by atoms with E-state index in [1.807, 2.05) is 0 Å². The summed E-state index contributed by atoms with van der Waals surface area (Å²) >= 11 is 0. The van der Waals surface area contributed by atoms with Gasteiger partial charge in [-0.1, -0.05) is 6.92 Å². The van der Waals surface area contributed by atoms with Crippen LogP contribution in [0.5, 0.6) is 0 Å². The Hall–Kier alpha value is -1.32. The van der Waals surface area contributed by atoms with E-state index in [2.05, 4.69) is 4.72 Å². The highest BCUT2D eigenvalue weighted by molar-refractivity contribution is 7.89. The predicted octanol–water partition coefficient (Wildman–Crippen LogP) is 1.35. The number of anilines is 1. The third-order valence-electron chi connectivity index (χ3n) is 2.59. The first kappa shape index (κ1) is 17.7. The largest absolute Gasteiger partial charge is 0.405 e. The zero-order valence-electron chi connectivity index (χ0n) is 11.4. The standard InChI is InChI=1S/C12H17F3N2O3S/c1-2-16-21(19,20)11-5-3-10(4-6-11)17(7-8-18)9-12(13,14)15/h3-6,16,18H,2,7-9H2,1H3. The van der Waals surface area contributed by atoms with Crippen LogP contribution in [0.4, 0.5) is 18.9 Å². The molecule has 21 heavy (non-hydrogen) atoms. The molecule has 0 fully saturated rings. The average molecular weight is 326 g/mol. The molecule has 1 aromatic carbocycles. The molecule has 0 aliphatic heterocycles. The van der Waals surface area contributed by atoms with Gasteiger partial charge in [-0.3, -0.25) is 0 Å². The minimum absolute atomic E-state index is 0.0240. The topological polar surface area (TPSA) is 69.6 Å². The highest BCUT2D eigenvalue weighted by Gasteiger charge is 2.30. The maximum absolute atomic E-state index is 12.5. The highest BCUT2D eigenvalue weighted by Crippen LogP contribution is 2.23. The first-order valence-electron chi connectivity index (χ1n) is 6.22. The van der Waals surface area contributed by atoms with E-state index in [0.717, 1.165) is 4.90 Å². The van der Waals surface area contributed by atoms with Gasteiger partial charge in [-0.2, -0.15) is 13.2 Å². The second-order valence-corrected chi connectivity index (χ2v) is 6.02. The predicted molar refractivity (Wildman–Crippen MR) is 72.7 cm³/mol. The second kappa shape index (κ2) is 7.10. The molecule has 0 radical (unpaired) electrons. The number of nitrogens with one attached hydrogen (secondary N) is 1. The molecule has 2 N–H and O–H groups in total. The van der Waals surface area contributed by atoms with Crippen LogP contribution in [0.15, 0.2) is 29.2 Å². The van der Waals surface area contributed by atoms with E-state index < -0.39 is 29.4 Å². The summed E-state index contributed by atoms with van der Waals surface area (Å²) in [5.74, 6) is 0. The van der Waals surface area contributed by atoms with Gasteiger partial charge >= 0.3 is 6.18 Å². The van der Waals surface area contributed by atoms with Gasteiger partial charge in [0.25, 0.3) is 0 Å². The van der Waals surface area contributed by atoms with E-state index in [9.17, 15) is 21.6 Å². The van der Waals surface area contributed by atoms with Crippen molar-refractivity contribution >= 4 is 15.7 Å². The van der Waals surface area contributed by atoms with Crippen LogP contribution in [-0.4, -0.2) is 45.9 Å². The van der Waals surface area contributed by atoms with Gasteiger partial charge in [0.05, 0.1) is 11.5 Å². The van der Waals surface area contributed by atoms with Gasteiger partial charge in [0.2, 0.25) is 10.0 Å². The highest BCUT2D eigenvalue weighted by atomic mass is 32.2. The smallest absolute Gasteiger partial charge is 0.395 e. The van der Waals surface area contributed by atoms with Crippen LogP contribution in [0.25, 0.3) is 0 Å². The molecule has 0 aliphatic carbocycles. The average Bonchev–Trinajstić information content (AvgIpc) is 2.37. The molecule has 0 atom stereocenters. The molecular formula is C12H17F3N2O3S. The zero-order valence-corrected chi connectivity index (χ0v) is 12.2. The van der Waals surface area contributed by atoms with E-state index in [4.69, 9.17) is 5.11 Å². The number of hydrogen-bond acceptors (Lipinski definition) is 4. The van der Waals surface area contributed by atoms with Gasteiger partial charge in [0.1, 0.15) is 6.54 Å². The monoisotopic (exact) mass is 326 g/mol. The number of nitrogens with zero attached hydrogens (tertiary/aromatic N) is 1. The Kier molecular flexibility index (Phi) is 5.99. The van der Waals surface area contributed by atoms with Crippen LogP contribution >= 0.6 is 0 Å². The zero-order chi connectivity index (χ0) is 16.1. The van der Waals surface area contributed by atoms with E-state index in [0.29, 0.717) is 0 Å². The van der Waals surface area contributed by atoms with Crippen molar-refractivity contribution in [1.82, 2.24) is 4.72 Å². The van der Waals surface area contributed by atoms with Gasteiger partial charge in [-0.05, 0) is 24.3 Å². The summed E-state index contributed by atoms with van der Waals surface area (Å²) in [6.07, 6.45) is -4.41. The van der Waals surface area contributed by atoms with Gasteiger partial charge < -0.3 is 10.0 Å². The lowest BCUT2D eigenvalue weighted by Crippen LogP contribution is -2.36. The van der Waals surface area contributed by atoms with Crippen molar-refractivity contribution in [3.63, 3.8) is 0 Å². The van der Waals surface area contributed by atoms with Crippen molar-refractivity contribution in [1.29, 1.82) is 0 Å². The quantitative estimate of drug-likeness (QED) is 0.793. The summed E-state index contributed by atoms with van der Waals surface area (Å²) in [6.45, 7) is -0.00771. The Bertz CT molecular complexity index is 544. The summed E-state index contributed by atoms with van der Waals surface area (Å²) in [7, 11) is -3.64. The minimum Gasteiger partial charge on any atom is -0.395 e. The van der Waals surface area contributed by atoms with Gasteiger partial charge in [0.15, 0.2) is 0 Å². The molecule has 120 valence electrons. The molecule has 0 aliphatic rings. The molecule has 0 amide bonds. The van der Waals surface area contributed by atoms with Crippen LogP contribution in [0.2, 0.25) is 0 Å². The molecule has 0 heterocycles. The Morgan fingerprint density at radius 3 is 2.24 bits per heavy atom. The Morgan fingerprint density at radius 2 is 1.81 bits per heavy atom. The number of aliphatic hydroxyl groups is 1. The van der Waals surface area contributed by atoms with Crippen molar-refractivity contribution in [3.05, 3.63) is 24.3 Å². The SMILES string of the molecule is CCNS(=O)(=O)c1ccc(N(CCO)CC(F)(F)F)cc1. The number of sulfonamides is 1. The molecule has 0 bridgehead atoms. The molecule has 0 aromatic heterocycles. The maximum Gasteiger partial charge on any atom is 0.405 e. The van der Waals surface area contributed by atoms with Crippen LogP contribution < -0.4 is 9.62 Å². The van der Waals surface area contributed by atoms with Gasteiger partial charge in [0, 0.05) is 18.8 Å². The number of halogens is 3. The van der Waals surface area contributed by atoms with Crippen molar-refractivity contribution in [2.45, 2.75) is 18.0 Å². The first-order chi connectivity index (χ1) is 9.69. The molecule has 0 unspecified atom stereocenters. The summed E-state index contributed by atoms with van der Waals surface area (Å²) in [5, 5.41) is 8.83. The van der Waals surface area contributed by atoms with Crippen LogP contribution in [0, 0.1) is 0 Å². The Morgan fingerprint density at radius 1 is 1.24 bits per heavy atom. The fourth-order valence-electron chi connectivity index (χ4n) is 1.75. The lowest BCUT2D eigenvalue weighted by Gasteiger charge is -2.25. The van der Waals surface area contributed by atoms with Crippen molar-refractivity contribution < 1.29 is 26.7 Å². The molecule has 0 saturated heterocycles. The van der Waals surface area contributed by atoms with Gasteiger partial charge in [-0.15, -0.1) is 0 Å². The minimum atomic E-state index is -4.41. The number of rotatable bonds is 7. The van der Waals surface area contributed by atoms with Gasteiger partial charge in [-0.25, -0.2) is 13.1 Å². The summed E-state index contributed by atoms with van der Waals surface area (Å²) in [6, 6.07) is 5.03. The molecule has 0 saturated carbocycles. The van der Waals surface area contributed by atoms with E-state index >= 15 is 0 Å². The van der Waals surface area contributed by atoms with Crippen LogP contribution in [-0.2, 0) is 10.0 Å². The Balaban J connectivity index is 2.98. The van der Waals surface area contributed by atoms with Crippen molar-refractivity contribution in [2.75, 3.05) is 31.1 Å². The third-order valence-corrected chi connectivity index (χ3v) is 4.15. The number of benzene rings is 1. The molecule has 1 rings (SSSR count). The lowest BCUT2D eigenvalue weighted by molar-refractivity contribution is -0.119. The lowest BCUT2D eigenvalue weighted by atomic mass is 10.3. The first-order valence-corrected chi connectivity index (χ1v) is 7.70. The van der Waals surface area contributed by atoms with Crippen LogP contribution in [0.3, 0.4) is 0 Å². The fraction of sp³-hybridized carbons (Fsp3) is 0.500. The van der Waals surface area contributed by atoms with E-state index in [-0.39, 0.29) is 23.7 Å². The fourth-order valence-corrected chi connectivity index (χ4v) is 2.79. The molecule has 5 nitrogen and oxygen atoms in total. The number of aliphatic hydroxyl groups excluding tert-OH is 1. The van der Waals surface area contributed by atoms with E-state index in [1.165, 1.54) is 24.3 Å². The molecular weight excluding hydrogens is 309 g/mol. The molecule has 1 aromatic rings. The summed E-state index contributed by atoms with van der Waals surface area (Å²) in [4.78, 5) is 0.910. The maximum atomic E-state index is 12.5. The molecule has 9 heteroatoms. The number of alkyl halides is 3. The summed E-state index contributed by atoms with van der Waals surface area (Å²) in [5.41, 5.74) is 0.192. The summed E-state index contributed by atoms with van der Waals surface area (Å²) < 4.78 is 63.1. The van der Waals surface area contributed by atoms with Crippen molar-refractivity contribution in [3.8, 4) is 0 Å². The normalized spacial score (nSPS) is 12.4. The third kappa shape index (κ3) is 5.52. The second-order valence-electron chi connectivity index (χ2n) is 4.26. The van der Waals surface area contributed by atoms with E-state index in [1.54, 1.807) is 6.92 Å². The van der Waals surface area contributed by atoms with Crippen LogP contribution in [0.1, 0.15) is 6.92 Å². The Labute approximate surface area is 121 Å². The number of hydrogen-bond donors (Lipinski definition) is 2.